The molecule has 1 fully saturated rings. The summed E-state index contributed by atoms with van der Waals surface area (Å²) in [6.45, 7) is 4.62. The third-order valence-electron chi connectivity index (χ3n) is 5.12. The molecule has 0 bridgehead atoms. The predicted molar refractivity (Wildman–Crippen MR) is 109 cm³/mol. The smallest absolute Gasteiger partial charge is 0.255 e. The minimum Gasteiger partial charge on any atom is -0.496 e. The summed E-state index contributed by atoms with van der Waals surface area (Å²) in [5.41, 5.74) is 6.58. The van der Waals surface area contributed by atoms with E-state index in [4.69, 9.17) is 22.1 Å². The van der Waals surface area contributed by atoms with Crippen molar-refractivity contribution in [3.8, 4) is 5.75 Å². The fraction of sp³-hybridized carbons (Fsp3) is 0.526. The van der Waals surface area contributed by atoms with E-state index in [0.29, 0.717) is 34.5 Å². The highest BCUT2D eigenvalue weighted by Gasteiger charge is 2.21. The van der Waals surface area contributed by atoms with Crippen molar-refractivity contribution in [2.75, 3.05) is 39.0 Å². The van der Waals surface area contributed by atoms with Crippen molar-refractivity contribution in [2.45, 2.75) is 25.8 Å². The maximum atomic E-state index is 12.5. The summed E-state index contributed by atoms with van der Waals surface area (Å²) < 4.78 is 5.26. The number of benzene rings is 1. The molecule has 152 valence electrons. The molecule has 0 atom stereocenters. The number of hydrogen-bond acceptors (Lipinski definition) is 6. The fourth-order valence-electron chi connectivity index (χ4n) is 3.46. The van der Waals surface area contributed by atoms with Crippen LogP contribution in [-0.4, -0.2) is 59.1 Å². The lowest BCUT2D eigenvalue weighted by molar-refractivity contribution is 0.0933. The minimum absolute atomic E-state index is 0.187. The molecule has 2 aromatic rings. The van der Waals surface area contributed by atoms with E-state index >= 15 is 0 Å². The zero-order valence-electron chi connectivity index (χ0n) is 16.1. The summed E-state index contributed by atoms with van der Waals surface area (Å²) in [6, 6.07) is 3.14. The van der Waals surface area contributed by atoms with E-state index in [9.17, 15) is 4.79 Å². The van der Waals surface area contributed by atoms with Crippen molar-refractivity contribution in [1.82, 2.24) is 25.2 Å². The lowest BCUT2D eigenvalue weighted by Crippen LogP contribution is -2.39. The van der Waals surface area contributed by atoms with Crippen LogP contribution in [0.5, 0.6) is 5.75 Å². The summed E-state index contributed by atoms with van der Waals surface area (Å²) in [5.74, 6) is 0.719. The Balaban J connectivity index is 1.40. The number of ether oxygens (including phenoxy) is 1. The molecule has 2 heterocycles. The van der Waals surface area contributed by atoms with Gasteiger partial charge in [-0.05, 0) is 50.9 Å². The maximum Gasteiger partial charge on any atom is 0.255 e. The number of aryl methyl sites for hydroxylation is 1. The van der Waals surface area contributed by atoms with Gasteiger partial charge in [0.15, 0.2) is 0 Å². The highest BCUT2D eigenvalue weighted by molar-refractivity contribution is 6.33. The maximum absolute atomic E-state index is 12.5. The first-order valence-corrected chi connectivity index (χ1v) is 9.92. The van der Waals surface area contributed by atoms with Gasteiger partial charge < -0.3 is 20.7 Å². The van der Waals surface area contributed by atoms with Crippen LogP contribution in [0.3, 0.4) is 0 Å². The van der Waals surface area contributed by atoms with E-state index in [1.807, 2.05) is 0 Å². The number of nitrogens with zero attached hydrogens (tertiary/aromatic N) is 4. The Morgan fingerprint density at radius 1 is 1.29 bits per heavy atom. The number of likely N-dealkylation sites (tertiary alicyclic amines) is 1. The number of aromatic nitrogens is 3. The quantitative estimate of drug-likeness (QED) is 0.651. The molecule has 8 nitrogen and oxygen atoms in total. The molecule has 28 heavy (non-hydrogen) atoms. The van der Waals surface area contributed by atoms with Crippen LogP contribution in [0.2, 0.25) is 5.02 Å². The molecular weight excluding hydrogens is 380 g/mol. The molecular formula is C19H27ClN6O2. The first kappa shape index (κ1) is 20.4. The highest BCUT2D eigenvalue weighted by atomic mass is 35.5. The number of methoxy groups -OCH3 is 1. The number of carbonyl (C=O) groups is 1. The Kier molecular flexibility index (Phi) is 7.11. The van der Waals surface area contributed by atoms with E-state index in [0.717, 1.165) is 45.4 Å². The number of anilines is 1. The standard InChI is InChI=1S/C19H27ClN6O2/c1-28-18-12-17(21)16(20)11-15(18)19(27)22-13-14-3-9-25(10-4-14)7-2-8-26-23-5-6-24-26/h5-6,11-12,14H,2-4,7-10,13,21H2,1H3,(H,22,27). The zero-order chi connectivity index (χ0) is 19.9. The van der Waals surface area contributed by atoms with Crippen molar-refractivity contribution in [1.29, 1.82) is 0 Å². The van der Waals surface area contributed by atoms with Crippen LogP contribution in [0.15, 0.2) is 24.5 Å². The van der Waals surface area contributed by atoms with Crippen LogP contribution in [0.4, 0.5) is 5.69 Å². The minimum atomic E-state index is -0.187. The van der Waals surface area contributed by atoms with Crippen LogP contribution >= 0.6 is 11.6 Å². The Hall–Kier alpha value is -2.32. The van der Waals surface area contributed by atoms with Crippen molar-refractivity contribution in [2.24, 2.45) is 5.92 Å². The number of carbonyl (C=O) groups excluding carboxylic acids is 1. The SMILES string of the molecule is COc1cc(N)c(Cl)cc1C(=O)NCC1CCN(CCCn2nccn2)CC1. The van der Waals surface area contributed by atoms with Crippen LogP contribution in [0.25, 0.3) is 0 Å². The van der Waals surface area contributed by atoms with Gasteiger partial charge in [0.05, 0.1) is 42.3 Å². The van der Waals surface area contributed by atoms with Gasteiger partial charge in [0.2, 0.25) is 0 Å². The van der Waals surface area contributed by atoms with Gasteiger partial charge >= 0.3 is 0 Å². The van der Waals surface area contributed by atoms with Crippen LogP contribution in [-0.2, 0) is 6.54 Å². The van der Waals surface area contributed by atoms with Gasteiger partial charge in [0.1, 0.15) is 5.75 Å². The number of halogens is 1. The molecule has 1 aromatic carbocycles. The summed E-state index contributed by atoms with van der Waals surface area (Å²) in [5, 5.41) is 11.6. The number of hydrogen-bond donors (Lipinski definition) is 2. The van der Waals surface area contributed by atoms with Gasteiger partial charge in [-0.25, -0.2) is 0 Å². The number of nitrogens with two attached hydrogens (primary N) is 1. The Labute approximate surface area is 170 Å². The molecule has 1 aliphatic heterocycles. The monoisotopic (exact) mass is 406 g/mol. The van der Waals surface area contributed by atoms with E-state index < -0.39 is 0 Å². The average Bonchev–Trinajstić information content (AvgIpc) is 3.22. The van der Waals surface area contributed by atoms with Crippen LogP contribution in [0, 0.1) is 5.92 Å². The molecule has 0 radical (unpaired) electrons. The van der Waals surface area contributed by atoms with Gasteiger partial charge in [0, 0.05) is 12.6 Å². The van der Waals surface area contributed by atoms with Crippen molar-refractivity contribution in [3.63, 3.8) is 0 Å². The van der Waals surface area contributed by atoms with Gasteiger partial charge in [-0.1, -0.05) is 11.6 Å². The highest BCUT2D eigenvalue weighted by Crippen LogP contribution is 2.29. The third kappa shape index (κ3) is 5.36. The average molecular weight is 407 g/mol. The molecule has 0 aliphatic carbocycles. The topological polar surface area (TPSA) is 98.3 Å². The first-order valence-electron chi connectivity index (χ1n) is 9.54. The van der Waals surface area contributed by atoms with E-state index in [-0.39, 0.29) is 5.91 Å². The largest absolute Gasteiger partial charge is 0.496 e. The summed E-state index contributed by atoms with van der Waals surface area (Å²) in [4.78, 5) is 16.7. The van der Waals surface area contributed by atoms with Gasteiger partial charge in [-0.2, -0.15) is 15.0 Å². The van der Waals surface area contributed by atoms with Gasteiger partial charge in [-0.15, -0.1) is 0 Å². The predicted octanol–water partition coefficient (Wildman–Crippen LogP) is 2.05. The van der Waals surface area contributed by atoms with Crippen molar-refractivity contribution in [3.05, 3.63) is 35.1 Å². The number of piperidine rings is 1. The fourth-order valence-corrected chi connectivity index (χ4v) is 3.62. The van der Waals surface area contributed by atoms with Gasteiger partial charge in [0.25, 0.3) is 5.91 Å². The molecule has 0 spiro atoms. The molecule has 1 amide bonds. The number of nitrogen functional groups attached to an aromatic ring is 1. The molecule has 1 aliphatic rings. The number of rotatable bonds is 8. The number of amides is 1. The summed E-state index contributed by atoms with van der Waals surface area (Å²) >= 11 is 6.05. The van der Waals surface area contributed by atoms with Crippen LogP contribution in [0.1, 0.15) is 29.6 Å². The molecule has 0 saturated carbocycles. The Morgan fingerprint density at radius 2 is 2.00 bits per heavy atom. The third-order valence-corrected chi connectivity index (χ3v) is 5.45. The van der Waals surface area contributed by atoms with Crippen molar-refractivity contribution < 1.29 is 9.53 Å². The number of nitrogens with one attached hydrogen (secondary N) is 1. The molecule has 1 aromatic heterocycles. The van der Waals surface area contributed by atoms with Crippen molar-refractivity contribution >= 4 is 23.2 Å². The van der Waals surface area contributed by atoms with Crippen LogP contribution < -0.4 is 15.8 Å². The summed E-state index contributed by atoms with van der Waals surface area (Å²) in [6.07, 6.45) is 6.58. The second-order valence-corrected chi connectivity index (χ2v) is 7.45. The molecule has 1 saturated heterocycles. The first-order chi connectivity index (χ1) is 13.6. The Morgan fingerprint density at radius 3 is 2.68 bits per heavy atom. The summed E-state index contributed by atoms with van der Waals surface area (Å²) in [7, 11) is 1.51. The lowest BCUT2D eigenvalue weighted by atomic mass is 9.96. The normalized spacial score (nSPS) is 15.5. The van der Waals surface area contributed by atoms with E-state index in [1.54, 1.807) is 29.3 Å². The van der Waals surface area contributed by atoms with E-state index in [2.05, 4.69) is 20.4 Å². The second-order valence-electron chi connectivity index (χ2n) is 7.05. The lowest BCUT2D eigenvalue weighted by Gasteiger charge is -2.32. The molecule has 9 heteroatoms. The van der Waals surface area contributed by atoms with E-state index in [1.165, 1.54) is 7.11 Å². The molecule has 3 N–H and O–H groups in total. The zero-order valence-corrected chi connectivity index (χ0v) is 16.9. The van der Waals surface area contributed by atoms with Gasteiger partial charge in [-0.3, -0.25) is 4.79 Å². The second kappa shape index (κ2) is 9.75. The molecule has 0 unspecified atom stereocenters. The Bertz CT molecular complexity index is 775. The molecule has 3 rings (SSSR count).